The lowest BCUT2D eigenvalue weighted by Gasteiger charge is -2.30. The highest BCUT2D eigenvalue weighted by Crippen LogP contribution is 2.34. The van der Waals surface area contributed by atoms with Gasteiger partial charge in [0, 0.05) is 19.1 Å². The molecule has 2 unspecified atom stereocenters. The van der Waals surface area contributed by atoms with Crippen molar-refractivity contribution in [3.63, 3.8) is 0 Å². The summed E-state index contributed by atoms with van der Waals surface area (Å²) in [7, 11) is 0. The van der Waals surface area contributed by atoms with Crippen LogP contribution in [0.5, 0.6) is 0 Å². The highest BCUT2D eigenvalue weighted by atomic mass is 16.4. The van der Waals surface area contributed by atoms with Crippen molar-refractivity contribution in [3.8, 4) is 0 Å². The predicted molar refractivity (Wildman–Crippen MR) is 78.9 cm³/mol. The standard InChI is InChI=1S/C16H26N2O3/c19-15(20)13-2-1-3-14(8-13)17-16(21)18(9-11-4-5-11)10-12-6-7-12/h11-14H,1-10H2,(H,17,21)(H,19,20). The lowest BCUT2D eigenvalue weighted by atomic mass is 9.86. The number of amides is 2. The Kier molecular flexibility index (Phi) is 4.36. The maximum absolute atomic E-state index is 12.5. The van der Waals surface area contributed by atoms with Gasteiger partial charge in [0.15, 0.2) is 0 Å². The fourth-order valence-corrected chi connectivity index (χ4v) is 3.28. The predicted octanol–water partition coefficient (Wildman–Crippen LogP) is 2.46. The summed E-state index contributed by atoms with van der Waals surface area (Å²) in [6, 6.07) is 0.0677. The van der Waals surface area contributed by atoms with E-state index in [-0.39, 0.29) is 18.0 Å². The van der Waals surface area contributed by atoms with Crippen LogP contribution in [0.2, 0.25) is 0 Å². The Hall–Kier alpha value is -1.26. The third kappa shape index (κ3) is 4.35. The number of urea groups is 1. The van der Waals surface area contributed by atoms with Gasteiger partial charge in [-0.3, -0.25) is 4.79 Å². The summed E-state index contributed by atoms with van der Waals surface area (Å²) in [5.41, 5.74) is 0. The van der Waals surface area contributed by atoms with Crippen molar-refractivity contribution in [2.75, 3.05) is 13.1 Å². The quantitative estimate of drug-likeness (QED) is 0.790. The van der Waals surface area contributed by atoms with Gasteiger partial charge in [0.05, 0.1) is 5.92 Å². The number of nitrogens with one attached hydrogen (secondary N) is 1. The van der Waals surface area contributed by atoms with E-state index in [1.807, 2.05) is 4.90 Å². The summed E-state index contributed by atoms with van der Waals surface area (Å²) >= 11 is 0. The fourth-order valence-electron chi connectivity index (χ4n) is 3.28. The first kappa shape index (κ1) is 14.7. The molecule has 0 aromatic heterocycles. The van der Waals surface area contributed by atoms with Crippen molar-refractivity contribution in [3.05, 3.63) is 0 Å². The van der Waals surface area contributed by atoms with Crippen LogP contribution in [0.3, 0.4) is 0 Å². The van der Waals surface area contributed by atoms with E-state index in [1.54, 1.807) is 0 Å². The van der Waals surface area contributed by atoms with Gasteiger partial charge in [-0.1, -0.05) is 6.42 Å². The molecule has 0 radical (unpaired) electrons. The van der Waals surface area contributed by atoms with E-state index >= 15 is 0 Å². The Labute approximate surface area is 126 Å². The number of carboxylic acids is 1. The molecule has 0 aromatic carbocycles. The number of hydrogen-bond donors (Lipinski definition) is 2. The second kappa shape index (κ2) is 6.24. The third-order valence-corrected chi connectivity index (χ3v) is 4.99. The normalized spacial score (nSPS) is 29.0. The molecule has 3 rings (SSSR count). The zero-order valence-corrected chi connectivity index (χ0v) is 12.6. The molecule has 3 aliphatic carbocycles. The molecular formula is C16H26N2O3. The maximum Gasteiger partial charge on any atom is 0.317 e. The molecule has 2 amide bonds. The van der Waals surface area contributed by atoms with Crippen LogP contribution in [0.25, 0.3) is 0 Å². The molecule has 3 aliphatic rings. The topological polar surface area (TPSA) is 69.6 Å². The highest BCUT2D eigenvalue weighted by molar-refractivity contribution is 5.75. The van der Waals surface area contributed by atoms with Crippen LogP contribution in [0, 0.1) is 17.8 Å². The van der Waals surface area contributed by atoms with Crippen LogP contribution in [-0.4, -0.2) is 41.1 Å². The SMILES string of the molecule is O=C(O)C1CCCC(NC(=O)N(CC2CC2)CC2CC2)C1. The van der Waals surface area contributed by atoms with E-state index in [0.717, 1.165) is 32.4 Å². The van der Waals surface area contributed by atoms with Gasteiger partial charge in [0.25, 0.3) is 0 Å². The van der Waals surface area contributed by atoms with Crippen LogP contribution < -0.4 is 5.32 Å². The van der Waals surface area contributed by atoms with E-state index in [0.29, 0.717) is 18.3 Å². The van der Waals surface area contributed by atoms with Crippen molar-refractivity contribution >= 4 is 12.0 Å². The first-order chi connectivity index (χ1) is 10.1. The van der Waals surface area contributed by atoms with E-state index in [9.17, 15) is 9.59 Å². The number of rotatable bonds is 6. The van der Waals surface area contributed by atoms with Gasteiger partial charge >= 0.3 is 12.0 Å². The average molecular weight is 294 g/mol. The molecule has 5 nitrogen and oxygen atoms in total. The molecule has 0 aliphatic heterocycles. The summed E-state index contributed by atoms with van der Waals surface area (Å²) < 4.78 is 0. The summed E-state index contributed by atoms with van der Waals surface area (Å²) in [5, 5.41) is 12.2. The smallest absolute Gasteiger partial charge is 0.317 e. The average Bonchev–Trinajstić information content (AvgIpc) is 3.33. The van der Waals surface area contributed by atoms with Crippen molar-refractivity contribution in [1.82, 2.24) is 10.2 Å². The number of carbonyl (C=O) groups is 2. The number of carbonyl (C=O) groups excluding carboxylic acids is 1. The van der Waals surface area contributed by atoms with E-state index < -0.39 is 5.97 Å². The van der Waals surface area contributed by atoms with Crippen LogP contribution >= 0.6 is 0 Å². The molecule has 0 spiro atoms. The van der Waals surface area contributed by atoms with Crippen molar-refractivity contribution in [2.45, 2.75) is 57.4 Å². The lowest BCUT2D eigenvalue weighted by molar-refractivity contribution is -0.143. The van der Waals surface area contributed by atoms with E-state index in [4.69, 9.17) is 5.11 Å². The zero-order chi connectivity index (χ0) is 14.8. The van der Waals surface area contributed by atoms with Crippen LogP contribution in [-0.2, 0) is 4.79 Å². The van der Waals surface area contributed by atoms with Gasteiger partial charge in [-0.05, 0) is 56.8 Å². The molecular weight excluding hydrogens is 268 g/mol. The molecule has 5 heteroatoms. The summed E-state index contributed by atoms with van der Waals surface area (Å²) in [6.07, 6.45) is 8.14. The molecule has 2 N–H and O–H groups in total. The maximum atomic E-state index is 12.5. The number of carboxylic acid groups (broad SMARTS) is 1. The van der Waals surface area contributed by atoms with Gasteiger partial charge in [-0.15, -0.1) is 0 Å². The molecule has 3 fully saturated rings. The Morgan fingerprint density at radius 3 is 2.14 bits per heavy atom. The summed E-state index contributed by atoms with van der Waals surface area (Å²) in [5.74, 6) is 0.395. The fraction of sp³-hybridized carbons (Fsp3) is 0.875. The van der Waals surface area contributed by atoms with Gasteiger partial charge in [-0.25, -0.2) is 4.79 Å². The lowest BCUT2D eigenvalue weighted by Crippen LogP contribution is -2.48. The van der Waals surface area contributed by atoms with Crippen LogP contribution in [0.15, 0.2) is 0 Å². The largest absolute Gasteiger partial charge is 0.481 e. The summed E-state index contributed by atoms with van der Waals surface area (Å²) in [4.78, 5) is 25.6. The monoisotopic (exact) mass is 294 g/mol. The molecule has 0 saturated heterocycles. The Bertz CT molecular complexity index is 390. The van der Waals surface area contributed by atoms with Crippen molar-refractivity contribution in [1.29, 1.82) is 0 Å². The number of hydrogen-bond acceptors (Lipinski definition) is 2. The first-order valence-corrected chi connectivity index (χ1v) is 8.40. The van der Waals surface area contributed by atoms with Gasteiger partial charge < -0.3 is 15.3 Å². The van der Waals surface area contributed by atoms with Crippen molar-refractivity contribution < 1.29 is 14.7 Å². The van der Waals surface area contributed by atoms with Gasteiger partial charge in [-0.2, -0.15) is 0 Å². The second-order valence-electron chi connectivity index (χ2n) is 7.14. The highest BCUT2D eigenvalue weighted by Gasteiger charge is 2.33. The molecule has 2 atom stereocenters. The minimum Gasteiger partial charge on any atom is -0.481 e. The molecule has 0 bridgehead atoms. The number of nitrogens with zero attached hydrogens (tertiary/aromatic N) is 1. The third-order valence-electron chi connectivity index (χ3n) is 4.99. The second-order valence-corrected chi connectivity index (χ2v) is 7.14. The molecule has 118 valence electrons. The Morgan fingerprint density at radius 2 is 1.62 bits per heavy atom. The van der Waals surface area contributed by atoms with Crippen LogP contribution in [0.4, 0.5) is 4.79 Å². The van der Waals surface area contributed by atoms with Gasteiger partial charge in [0.2, 0.25) is 0 Å². The molecule has 0 heterocycles. The Balaban J connectivity index is 1.51. The Morgan fingerprint density at radius 1 is 1.00 bits per heavy atom. The minimum absolute atomic E-state index is 0.0323. The molecule has 21 heavy (non-hydrogen) atoms. The first-order valence-electron chi connectivity index (χ1n) is 8.40. The zero-order valence-electron chi connectivity index (χ0n) is 12.6. The van der Waals surface area contributed by atoms with E-state index in [2.05, 4.69) is 5.32 Å². The van der Waals surface area contributed by atoms with E-state index in [1.165, 1.54) is 25.7 Å². The summed E-state index contributed by atoms with van der Waals surface area (Å²) in [6.45, 7) is 1.77. The molecule has 0 aromatic rings. The molecule has 3 saturated carbocycles. The van der Waals surface area contributed by atoms with Crippen LogP contribution in [0.1, 0.15) is 51.4 Å². The minimum atomic E-state index is -0.721. The van der Waals surface area contributed by atoms with Crippen molar-refractivity contribution in [2.24, 2.45) is 17.8 Å². The van der Waals surface area contributed by atoms with Gasteiger partial charge in [0.1, 0.15) is 0 Å². The number of aliphatic carboxylic acids is 1.